The molecular weight excluding hydrogens is 471 g/mol. The molecule has 2 saturated carbocycles. The molecule has 4 rings (SSSR count). The predicted molar refractivity (Wildman–Crippen MR) is 133 cm³/mol. The normalized spacial score (nSPS) is 36.1. The highest BCUT2D eigenvalue weighted by molar-refractivity contribution is 7.82. The van der Waals surface area contributed by atoms with Crippen molar-refractivity contribution in [2.45, 2.75) is 100 Å². The van der Waals surface area contributed by atoms with Gasteiger partial charge in [-0.15, -0.1) is 0 Å². The fourth-order valence-electron chi connectivity index (χ4n) is 6.05. The van der Waals surface area contributed by atoms with Gasteiger partial charge in [0.2, 0.25) is 0 Å². The van der Waals surface area contributed by atoms with Crippen LogP contribution in [0.25, 0.3) is 0 Å². The molecule has 5 atom stereocenters. The first-order chi connectivity index (χ1) is 16.4. The lowest BCUT2D eigenvalue weighted by atomic mass is 9.55. The SMILES string of the molecule is C[S@](=O)NC12CC(O)C1(F)CCN(C(=O)OC(C)(C)C)C2COC1CCC(c2ccccc2)CC1. The Bertz CT molecular complexity index is 920. The van der Waals surface area contributed by atoms with Crippen molar-refractivity contribution in [2.24, 2.45) is 0 Å². The number of nitrogens with zero attached hydrogens (tertiary/aromatic N) is 1. The number of likely N-dealkylation sites (tertiary alicyclic amines) is 1. The Labute approximate surface area is 210 Å². The summed E-state index contributed by atoms with van der Waals surface area (Å²) in [7, 11) is -1.55. The number of benzene rings is 1. The summed E-state index contributed by atoms with van der Waals surface area (Å²) in [5, 5.41) is 10.4. The van der Waals surface area contributed by atoms with E-state index in [2.05, 4.69) is 29.0 Å². The van der Waals surface area contributed by atoms with Gasteiger partial charge in [-0.1, -0.05) is 30.3 Å². The highest BCUT2D eigenvalue weighted by Gasteiger charge is 2.73. The lowest BCUT2D eigenvalue weighted by Gasteiger charge is -2.65. The number of ether oxygens (including phenoxy) is 2. The summed E-state index contributed by atoms with van der Waals surface area (Å²) in [6.45, 7) is 5.53. The van der Waals surface area contributed by atoms with E-state index in [0.29, 0.717) is 5.92 Å². The lowest BCUT2D eigenvalue weighted by molar-refractivity contribution is -0.220. The van der Waals surface area contributed by atoms with Gasteiger partial charge in [0.25, 0.3) is 0 Å². The number of aliphatic hydroxyl groups is 1. The van der Waals surface area contributed by atoms with E-state index in [1.165, 1.54) is 16.7 Å². The molecule has 3 fully saturated rings. The average molecular weight is 511 g/mol. The van der Waals surface area contributed by atoms with Gasteiger partial charge in [-0.3, -0.25) is 0 Å². The topological polar surface area (TPSA) is 88.1 Å². The Hall–Kier alpha value is -1.55. The number of hydrogen-bond acceptors (Lipinski definition) is 5. The molecule has 1 aliphatic heterocycles. The van der Waals surface area contributed by atoms with Gasteiger partial charge in [-0.2, -0.15) is 0 Å². The van der Waals surface area contributed by atoms with Gasteiger partial charge in [-0.05, 0) is 57.9 Å². The van der Waals surface area contributed by atoms with Crippen LogP contribution in [0.4, 0.5) is 9.18 Å². The molecule has 1 heterocycles. The first-order valence-corrected chi connectivity index (χ1v) is 14.2. The van der Waals surface area contributed by atoms with Crippen molar-refractivity contribution in [3.8, 4) is 0 Å². The van der Waals surface area contributed by atoms with E-state index in [0.717, 1.165) is 25.7 Å². The van der Waals surface area contributed by atoms with Crippen LogP contribution in [0.5, 0.6) is 0 Å². The third-order valence-corrected chi connectivity index (χ3v) is 8.49. The van der Waals surface area contributed by atoms with Gasteiger partial charge in [0.1, 0.15) is 5.60 Å². The Kier molecular flexibility index (Phi) is 7.63. The summed E-state index contributed by atoms with van der Waals surface area (Å²) in [5.41, 5.74) is -2.72. The van der Waals surface area contributed by atoms with E-state index >= 15 is 4.39 Å². The number of alkyl halides is 1. The maximum absolute atomic E-state index is 16.1. The summed E-state index contributed by atoms with van der Waals surface area (Å²) < 4.78 is 43.2. The van der Waals surface area contributed by atoms with Gasteiger partial charge in [-0.25, -0.2) is 18.1 Å². The van der Waals surface area contributed by atoms with Gasteiger partial charge in [0, 0.05) is 25.6 Å². The zero-order valence-corrected chi connectivity index (χ0v) is 22.0. The van der Waals surface area contributed by atoms with Crippen molar-refractivity contribution in [3.05, 3.63) is 35.9 Å². The van der Waals surface area contributed by atoms with E-state index in [1.807, 2.05) is 6.07 Å². The second-order valence-electron chi connectivity index (χ2n) is 11.3. The number of amides is 1. The van der Waals surface area contributed by atoms with Crippen molar-refractivity contribution in [3.63, 3.8) is 0 Å². The first kappa shape index (κ1) is 26.5. The smallest absolute Gasteiger partial charge is 0.410 e. The number of aliphatic hydroxyl groups excluding tert-OH is 1. The van der Waals surface area contributed by atoms with Crippen molar-refractivity contribution in [1.29, 1.82) is 0 Å². The van der Waals surface area contributed by atoms with E-state index in [4.69, 9.17) is 9.47 Å². The van der Waals surface area contributed by atoms with Crippen molar-refractivity contribution in [1.82, 2.24) is 9.62 Å². The second kappa shape index (κ2) is 10.1. The van der Waals surface area contributed by atoms with Gasteiger partial charge < -0.3 is 19.5 Å². The molecule has 0 radical (unpaired) electrons. The lowest BCUT2D eigenvalue weighted by Crippen LogP contribution is -2.86. The van der Waals surface area contributed by atoms with Crippen LogP contribution in [-0.2, 0) is 20.5 Å². The number of nitrogens with one attached hydrogen (secondary N) is 1. The Balaban J connectivity index is 1.49. The summed E-state index contributed by atoms with van der Waals surface area (Å²) >= 11 is 0. The van der Waals surface area contributed by atoms with Crippen LogP contribution in [-0.4, -0.2) is 74.8 Å². The van der Waals surface area contributed by atoms with Crippen LogP contribution in [0.3, 0.4) is 0 Å². The third-order valence-electron chi connectivity index (χ3n) is 7.84. The molecule has 3 aliphatic rings. The highest BCUT2D eigenvalue weighted by Crippen LogP contribution is 2.54. The quantitative estimate of drug-likeness (QED) is 0.607. The molecule has 1 saturated heterocycles. The van der Waals surface area contributed by atoms with Crippen LogP contribution >= 0.6 is 0 Å². The average Bonchev–Trinajstić information content (AvgIpc) is 2.79. The molecular formula is C26H39FN2O5S. The Morgan fingerprint density at radius 1 is 1.23 bits per heavy atom. The second-order valence-corrected chi connectivity index (χ2v) is 12.4. The van der Waals surface area contributed by atoms with Crippen LogP contribution in [0.1, 0.15) is 70.8 Å². The molecule has 2 N–H and O–H groups in total. The fourth-order valence-corrected chi connectivity index (χ4v) is 6.95. The Morgan fingerprint density at radius 3 is 2.46 bits per heavy atom. The monoisotopic (exact) mass is 510 g/mol. The number of hydrogen-bond donors (Lipinski definition) is 2. The number of halogens is 1. The van der Waals surface area contributed by atoms with E-state index < -0.39 is 46.0 Å². The Morgan fingerprint density at radius 2 is 1.89 bits per heavy atom. The molecule has 0 aromatic heterocycles. The molecule has 196 valence electrons. The minimum atomic E-state index is -1.99. The molecule has 0 bridgehead atoms. The third kappa shape index (κ3) is 5.29. The molecule has 1 aromatic carbocycles. The largest absolute Gasteiger partial charge is 0.444 e. The predicted octanol–water partition coefficient (Wildman–Crippen LogP) is 3.83. The van der Waals surface area contributed by atoms with Crippen LogP contribution in [0.15, 0.2) is 30.3 Å². The van der Waals surface area contributed by atoms with Gasteiger partial charge >= 0.3 is 6.09 Å². The van der Waals surface area contributed by atoms with E-state index in [1.54, 1.807) is 20.8 Å². The highest BCUT2D eigenvalue weighted by atomic mass is 32.2. The molecule has 7 nitrogen and oxygen atoms in total. The molecule has 1 aromatic rings. The summed E-state index contributed by atoms with van der Waals surface area (Å²) in [6.07, 6.45) is 3.47. The first-order valence-electron chi connectivity index (χ1n) is 12.6. The van der Waals surface area contributed by atoms with Crippen molar-refractivity contribution in [2.75, 3.05) is 19.4 Å². The van der Waals surface area contributed by atoms with Gasteiger partial charge in [0.15, 0.2) is 5.67 Å². The minimum Gasteiger partial charge on any atom is -0.444 e. The van der Waals surface area contributed by atoms with Crippen molar-refractivity contribution >= 4 is 17.1 Å². The molecule has 9 heteroatoms. The number of carbonyl (C=O) groups is 1. The zero-order chi connectivity index (χ0) is 25.4. The summed E-state index contributed by atoms with van der Waals surface area (Å²) in [5.74, 6) is 0.500. The number of fused-ring (bicyclic) bond motifs is 1. The maximum atomic E-state index is 16.1. The van der Waals surface area contributed by atoms with E-state index in [9.17, 15) is 14.1 Å². The van der Waals surface area contributed by atoms with Gasteiger partial charge in [0.05, 0.1) is 41.4 Å². The zero-order valence-electron chi connectivity index (χ0n) is 21.2. The molecule has 35 heavy (non-hydrogen) atoms. The maximum Gasteiger partial charge on any atom is 0.410 e. The molecule has 0 spiro atoms. The van der Waals surface area contributed by atoms with Crippen LogP contribution in [0.2, 0.25) is 0 Å². The fraction of sp³-hybridized carbons (Fsp3) is 0.731. The van der Waals surface area contributed by atoms with Crippen molar-refractivity contribution < 1.29 is 28.0 Å². The molecule has 4 unspecified atom stereocenters. The number of rotatable bonds is 6. The summed E-state index contributed by atoms with van der Waals surface area (Å²) in [6, 6.07) is 9.72. The minimum absolute atomic E-state index is 0.000519. The van der Waals surface area contributed by atoms with Crippen LogP contribution < -0.4 is 4.72 Å². The molecule has 1 amide bonds. The summed E-state index contributed by atoms with van der Waals surface area (Å²) in [4.78, 5) is 14.6. The molecule has 2 aliphatic carbocycles. The number of piperidine rings is 1. The standard InChI is InChI=1S/C26H39FN2O5S/c1-24(2,3)34-23(31)29-15-14-25(27)22(30)16-26(25,28-35(4)32)21(29)17-33-20-12-10-19(11-13-20)18-8-6-5-7-9-18/h5-9,19-22,28,30H,10-17H2,1-4H3/t19?,20?,21?,22?,25?,26?,35-/m0/s1. The number of carbonyl (C=O) groups excluding carboxylic acids is 1. The van der Waals surface area contributed by atoms with E-state index in [-0.39, 0.29) is 32.1 Å². The van der Waals surface area contributed by atoms with Crippen LogP contribution in [0, 0.1) is 0 Å².